The third kappa shape index (κ3) is 3.79. The zero-order valence-corrected chi connectivity index (χ0v) is 15.9. The predicted molar refractivity (Wildman–Crippen MR) is 106 cm³/mol. The number of likely N-dealkylation sites (tertiary alicyclic amines) is 2. The van der Waals surface area contributed by atoms with Crippen LogP contribution in [0.5, 0.6) is 0 Å². The predicted octanol–water partition coefficient (Wildman–Crippen LogP) is 4.06. The first-order valence-electron chi connectivity index (χ1n) is 9.99. The van der Waals surface area contributed by atoms with Gasteiger partial charge in [-0.05, 0) is 74.2 Å². The minimum absolute atomic E-state index is 0.133. The summed E-state index contributed by atoms with van der Waals surface area (Å²) in [6, 6.07) is 14.1. The molecule has 4 nitrogen and oxygen atoms in total. The summed E-state index contributed by atoms with van der Waals surface area (Å²) in [7, 11) is 0. The van der Waals surface area contributed by atoms with Crippen LogP contribution in [0.3, 0.4) is 0 Å². The molecular formula is C23H24FN3O. The summed E-state index contributed by atoms with van der Waals surface area (Å²) >= 11 is 0. The average Bonchev–Trinajstić information content (AvgIpc) is 3.40. The number of rotatable bonds is 4. The van der Waals surface area contributed by atoms with E-state index in [1.807, 2.05) is 11.0 Å². The van der Waals surface area contributed by atoms with Crippen LogP contribution in [0.4, 0.5) is 4.39 Å². The molecule has 5 heteroatoms. The summed E-state index contributed by atoms with van der Waals surface area (Å²) in [6.07, 6.45) is 4.42. The molecule has 0 unspecified atom stereocenters. The van der Waals surface area contributed by atoms with Gasteiger partial charge in [0.2, 0.25) is 0 Å². The van der Waals surface area contributed by atoms with Crippen molar-refractivity contribution in [1.82, 2.24) is 9.80 Å². The molecule has 1 amide bonds. The van der Waals surface area contributed by atoms with Crippen LogP contribution in [0.25, 0.3) is 11.1 Å². The molecule has 2 fully saturated rings. The maximum Gasteiger partial charge on any atom is 0.257 e. The van der Waals surface area contributed by atoms with Crippen LogP contribution in [0.2, 0.25) is 0 Å². The lowest BCUT2D eigenvalue weighted by Gasteiger charge is -2.28. The summed E-state index contributed by atoms with van der Waals surface area (Å²) in [6.45, 7) is 3.79. The molecule has 0 saturated carbocycles. The van der Waals surface area contributed by atoms with E-state index in [9.17, 15) is 9.18 Å². The Balaban J connectivity index is 1.53. The van der Waals surface area contributed by atoms with Crippen LogP contribution in [0, 0.1) is 17.1 Å². The average molecular weight is 377 g/mol. The fraction of sp³-hybridized carbons (Fsp3) is 0.391. The van der Waals surface area contributed by atoms with E-state index < -0.39 is 5.82 Å². The SMILES string of the molecule is N#Cc1cccc(-c2ccc(C(=O)N3CCC[C@H]3CN3CCCC3)c(F)c2)c1. The molecule has 144 valence electrons. The Kier molecular flexibility index (Phi) is 5.40. The van der Waals surface area contributed by atoms with Crippen LogP contribution < -0.4 is 0 Å². The molecular weight excluding hydrogens is 353 g/mol. The van der Waals surface area contributed by atoms with Gasteiger partial charge >= 0.3 is 0 Å². The molecule has 2 saturated heterocycles. The highest BCUT2D eigenvalue weighted by Gasteiger charge is 2.32. The highest BCUT2D eigenvalue weighted by atomic mass is 19.1. The monoisotopic (exact) mass is 377 g/mol. The highest BCUT2D eigenvalue weighted by Crippen LogP contribution is 2.26. The van der Waals surface area contributed by atoms with Crippen molar-refractivity contribution in [1.29, 1.82) is 5.26 Å². The van der Waals surface area contributed by atoms with Crippen LogP contribution in [0.15, 0.2) is 42.5 Å². The summed E-state index contributed by atoms with van der Waals surface area (Å²) < 4.78 is 14.8. The molecule has 0 aliphatic carbocycles. The number of nitrogens with zero attached hydrogens (tertiary/aromatic N) is 3. The minimum atomic E-state index is -0.503. The van der Waals surface area contributed by atoms with E-state index in [0.717, 1.165) is 38.0 Å². The zero-order chi connectivity index (χ0) is 19.5. The molecule has 2 heterocycles. The first kappa shape index (κ1) is 18.6. The third-order valence-corrected chi connectivity index (χ3v) is 5.83. The van der Waals surface area contributed by atoms with Crippen molar-refractivity contribution in [2.45, 2.75) is 31.7 Å². The number of amides is 1. The van der Waals surface area contributed by atoms with Gasteiger partial charge < -0.3 is 9.80 Å². The molecule has 2 aliphatic rings. The van der Waals surface area contributed by atoms with E-state index in [1.54, 1.807) is 30.3 Å². The number of hydrogen-bond donors (Lipinski definition) is 0. The van der Waals surface area contributed by atoms with Crippen LogP contribution in [0.1, 0.15) is 41.6 Å². The number of carbonyl (C=O) groups excluding carboxylic acids is 1. The maximum atomic E-state index is 14.8. The Morgan fingerprint density at radius 3 is 2.61 bits per heavy atom. The van der Waals surface area contributed by atoms with Crippen molar-refractivity contribution < 1.29 is 9.18 Å². The van der Waals surface area contributed by atoms with E-state index in [4.69, 9.17) is 5.26 Å². The first-order valence-corrected chi connectivity index (χ1v) is 9.99. The normalized spacial score (nSPS) is 19.7. The smallest absolute Gasteiger partial charge is 0.257 e. The molecule has 1 atom stereocenters. The van der Waals surface area contributed by atoms with Gasteiger partial charge in [-0.15, -0.1) is 0 Å². The number of benzene rings is 2. The minimum Gasteiger partial charge on any atom is -0.334 e. The second-order valence-electron chi connectivity index (χ2n) is 7.69. The quantitative estimate of drug-likeness (QED) is 0.807. The fourth-order valence-corrected chi connectivity index (χ4v) is 4.35. The fourth-order valence-electron chi connectivity index (χ4n) is 4.35. The van der Waals surface area contributed by atoms with Crippen molar-refractivity contribution in [3.63, 3.8) is 0 Å². The Hall–Kier alpha value is -2.71. The summed E-state index contributed by atoms with van der Waals surface area (Å²) in [5.41, 5.74) is 2.10. The second kappa shape index (κ2) is 8.12. The summed E-state index contributed by atoms with van der Waals surface area (Å²) in [5.74, 6) is -0.715. The Morgan fingerprint density at radius 1 is 1.07 bits per heavy atom. The molecule has 0 aromatic heterocycles. The Labute approximate surface area is 165 Å². The molecule has 0 N–H and O–H groups in total. The van der Waals surface area contributed by atoms with Crippen LogP contribution in [-0.2, 0) is 0 Å². The van der Waals surface area contributed by atoms with E-state index >= 15 is 0 Å². The van der Waals surface area contributed by atoms with E-state index in [2.05, 4.69) is 11.0 Å². The summed E-state index contributed by atoms with van der Waals surface area (Å²) in [5, 5.41) is 9.05. The standard InChI is InChI=1S/C23H24FN3O/c24-22-14-19(18-6-3-5-17(13-18)15-25)8-9-21(22)23(28)27-12-4-7-20(27)16-26-10-1-2-11-26/h3,5-6,8-9,13-14,20H,1-2,4,7,10-12,16H2/t20-/m0/s1. The molecule has 0 spiro atoms. The van der Waals surface area contributed by atoms with Crippen molar-refractivity contribution in [3.05, 3.63) is 59.4 Å². The molecule has 28 heavy (non-hydrogen) atoms. The van der Waals surface area contributed by atoms with E-state index in [1.165, 1.54) is 18.9 Å². The van der Waals surface area contributed by atoms with Crippen LogP contribution >= 0.6 is 0 Å². The van der Waals surface area contributed by atoms with Gasteiger partial charge in [0.25, 0.3) is 5.91 Å². The van der Waals surface area contributed by atoms with Gasteiger partial charge in [0, 0.05) is 19.1 Å². The number of nitriles is 1. The molecule has 0 bridgehead atoms. The Morgan fingerprint density at radius 2 is 1.86 bits per heavy atom. The van der Waals surface area contributed by atoms with Gasteiger partial charge in [-0.25, -0.2) is 4.39 Å². The van der Waals surface area contributed by atoms with Crippen molar-refractivity contribution in [3.8, 4) is 17.2 Å². The lowest BCUT2D eigenvalue weighted by Crippen LogP contribution is -2.42. The lowest BCUT2D eigenvalue weighted by molar-refractivity contribution is 0.0704. The molecule has 2 aliphatic heterocycles. The van der Waals surface area contributed by atoms with E-state index in [0.29, 0.717) is 17.7 Å². The largest absolute Gasteiger partial charge is 0.334 e. The number of hydrogen-bond acceptors (Lipinski definition) is 3. The van der Waals surface area contributed by atoms with Crippen LogP contribution in [-0.4, -0.2) is 47.9 Å². The maximum absolute atomic E-state index is 14.8. The van der Waals surface area contributed by atoms with E-state index in [-0.39, 0.29) is 17.5 Å². The van der Waals surface area contributed by atoms with Gasteiger partial charge in [0.1, 0.15) is 5.82 Å². The first-order chi connectivity index (χ1) is 13.7. The lowest BCUT2D eigenvalue weighted by atomic mass is 10.0. The highest BCUT2D eigenvalue weighted by molar-refractivity contribution is 5.95. The van der Waals surface area contributed by atoms with Crippen molar-refractivity contribution >= 4 is 5.91 Å². The van der Waals surface area contributed by atoms with Gasteiger partial charge in [-0.3, -0.25) is 4.79 Å². The molecule has 4 rings (SSSR count). The van der Waals surface area contributed by atoms with Gasteiger partial charge in [0.15, 0.2) is 0 Å². The van der Waals surface area contributed by atoms with Gasteiger partial charge in [-0.1, -0.05) is 18.2 Å². The topological polar surface area (TPSA) is 47.3 Å². The number of carbonyl (C=O) groups is 1. The molecule has 0 radical (unpaired) electrons. The zero-order valence-electron chi connectivity index (χ0n) is 15.9. The van der Waals surface area contributed by atoms with Gasteiger partial charge in [0.05, 0.1) is 17.2 Å². The van der Waals surface area contributed by atoms with Crippen molar-refractivity contribution in [2.75, 3.05) is 26.2 Å². The summed E-state index contributed by atoms with van der Waals surface area (Å²) in [4.78, 5) is 17.3. The Bertz CT molecular complexity index is 914. The molecule has 2 aromatic rings. The number of halogens is 1. The third-order valence-electron chi connectivity index (χ3n) is 5.83. The van der Waals surface area contributed by atoms with Gasteiger partial charge in [-0.2, -0.15) is 5.26 Å². The molecule has 2 aromatic carbocycles. The second-order valence-corrected chi connectivity index (χ2v) is 7.69. The van der Waals surface area contributed by atoms with Crippen molar-refractivity contribution in [2.24, 2.45) is 0 Å².